The SMILES string of the molecule is C[C@@H]1CCc2c(C(=O)NNC(=S)NCc3ccccc3)csc2C1. The summed E-state index contributed by atoms with van der Waals surface area (Å²) in [5, 5.41) is 5.44. The van der Waals surface area contributed by atoms with Gasteiger partial charge in [0.25, 0.3) is 5.91 Å². The number of hydrazine groups is 1. The minimum Gasteiger partial charge on any atom is -0.357 e. The van der Waals surface area contributed by atoms with Crippen LogP contribution < -0.4 is 16.2 Å². The van der Waals surface area contributed by atoms with Gasteiger partial charge in [0.05, 0.1) is 5.56 Å². The van der Waals surface area contributed by atoms with Gasteiger partial charge in [0.1, 0.15) is 0 Å². The fourth-order valence-corrected chi connectivity index (χ4v) is 4.24. The quantitative estimate of drug-likeness (QED) is 0.582. The smallest absolute Gasteiger partial charge is 0.270 e. The van der Waals surface area contributed by atoms with Crippen molar-refractivity contribution >= 4 is 34.6 Å². The summed E-state index contributed by atoms with van der Waals surface area (Å²) in [5.74, 6) is 0.589. The molecule has 1 aliphatic carbocycles. The predicted octanol–water partition coefficient (Wildman–Crippen LogP) is 3.18. The molecule has 0 saturated carbocycles. The highest BCUT2D eigenvalue weighted by Gasteiger charge is 2.23. The number of nitrogens with one attached hydrogen (secondary N) is 3. The first-order valence-electron chi connectivity index (χ1n) is 8.11. The number of thiophene rings is 1. The Morgan fingerprint density at radius 1 is 1.29 bits per heavy atom. The average Bonchev–Trinajstić information content (AvgIpc) is 3.01. The molecular formula is C18H21N3OS2. The lowest BCUT2D eigenvalue weighted by atomic mass is 9.88. The molecule has 0 unspecified atom stereocenters. The maximum absolute atomic E-state index is 12.4. The Hall–Kier alpha value is -1.92. The fourth-order valence-electron chi connectivity index (χ4n) is 2.87. The van der Waals surface area contributed by atoms with Crippen molar-refractivity contribution in [3.05, 3.63) is 57.3 Å². The molecule has 3 rings (SSSR count). The van der Waals surface area contributed by atoms with Crippen LogP contribution in [0.1, 0.15) is 39.7 Å². The number of carbonyl (C=O) groups is 1. The summed E-state index contributed by atoms with van der Waals surface area (Å²) in [5.41, 5.74) is 8.60. The van der Waals surface area contributed by atoms with Crippen LogP contribution in [-0.4, -0.2) is 11.0 Å². The summed E-state index contributed by atoms with van der Waals surface area (Å²) in [6.07, 6.45) is 3.21. The van der Waals surface area contributed by atoms with Crippen LogP contribution in [0.5, 0.6) is 0 Å². The number of rotatable bonds is 3. The second-order valence-corrected chi connectivity index (χ2v) is 7.52. The zero-order valence-corrected chi connectivity index (χ0v) is 15.2. The first kappa shape index (κ1) is 16.9. The van der Waals surface area contributed by atoms with Crippen LogP contribution in [-0.2, 0) is 19.4 Å². The second kappa shape index (κ2) is 7.77. The molecule has 4 nitrogen and oxygen atoms in total. The van der Waals surface area contributed by atoms with Gasteiger partial charge in [0.2, 0.25) is 0 Å². The van der Waals surface area contributed by atoms with Crippen molar-refractivity contribution < 1.29 is 4.79 Å². The maximum atomic E-state index is 12.4. The molecule has 2 aromatic rings. The van der Waals surface area contributed by atoms with E-state index in [0.29, 0.717) is 17.6 Å². The number of thiocarbonyl (C=S) groups is 1. The number of benzene rings is 1. The summed E-state index contributed by atoms with van der Waals surface area (Å²) in [4.78, 5) is 13.7. The van der Waals surface area contributed by atoms with Crippen LogP contribution in [0.2, 0.25) is 0 Å². The molecule has 0 radical (unpaired) electrons. The van der Waals surface area contributed by atoms with Crippen molar-refractivity contribution in [1.29, 1.82) is 0 Å². The van der Waals surface area contributed by atoms with Gasteiger partial charge in [-0.3, -0.25) is 15.6 Å². The molecule has 0 spiro atoms. The van der Waals surface area contributed by atoms with Gasteiger partial charge in [-0.2, -0.15) is 0 Å². The van der Waals surface area contributed by atoms with Crippen LogP contribution in [0.4, 0.5) is 0 Å². The van der Waals surface area contributed by atoms with Crippen LogP contribution >= 0.6 is 23.6 Å². The van der Waals surface area contributed by atoms with Gasteiger partial charge < -0.3 is 5.32 Å². The van der Waals surface area contributed by atoms with Crippen molar-refractivity contribution in [2.24, 2.45) is 5.92 Å². The molecule has 24 heavy (non-hydrogen) atoms. The Morgan fingerprint density at radius 3 is 2.88 bits per heavy atom. The van der Waals surface area contributed by atoms with E-state index in [-0.39, 0.29) is 5.91 Å². The van der Waals surface area contributed by atoms with Gasteiger partial charge in [0, 0.05) is 16.8 Å². The van der Waals surface area contributed by atoms with Gasteiger partial charge in [-0.05, 0) is 48.5 Å². The molecule has 1 aromatic heterocycles. The van der Waals surface area contributed by atoms with Crippen LogP contribution in [0.15, 0.2) is 35.7 Å². The second-order valence-electron chi connectivity index (χ2n) is 6.15. The number of hydrogen-bond donors (Lipinski definition) is 3. The molecule has 3 N–H and O–H groups in total. The molecule has 0 saturated heterocycles. The highest BCUT2D eigenvalue weighted by molar-refractivity contribution is 7.80. The Balaban J connectivity index is 1.50. The van der Waals surface area contributed by atoms with Gasteiger partial charge in [-0.15, -0.1) is 11.3 Å². The Kier molecular flexibility index (Phi) is 5.48. The molecule has 1 aliphatic rings. The van der Waals surface area contributed by atoms with E-state index in [0.717, 1.165) is 30.4 Å². The third kappa shape index (κ3) is 4.13. The predicted molar refractivity (Wildman–Crippen MR) is 102 cm³/mol. The minimum atomic E-state index is -0.120. The van der Waals surface area contributed by atoms with Crippen molar-refractivity contribution in [3.8, 4) is 0 Å². The summed E-state index contributed by atoms with van der Waals surface area (Å²) in [6.45, 7) is 2.88. The molecule has 0 aliphatic heterocycles. The molecule has 126 valence electrons. The van der Waals surface area contributed by atoms with Crippen LogP contribution in [0, 0.1) is 5.92 Å². The lowest BCUT2D eigenvalue weighted by Gasteiger charge is -2.19. The summed E-state index contributed by atoms with van der Waals surface area (Å²) >= 11 is 6.89. The van der Waals surface area contributed by atoms with Crippen molar-refractivity contribution in [2.45, 2.75) is 32.7 Å². The lowest BCUT2D eigenvalue weighted by molar-refractivity contribution is 0.0943. The average molecular weight is 360 g/mol. The Bertz CT molecular complexity index is 727. The summed E-state index contributed by atoms with van der Waals surface area (Å²) in [7, 11) is 0. The Labute approximate surface area is 151 Å². The Morgan fingerprint density at radius 2 is 2.08 bits per heavy atom. The molecule has 1 amide bonds. The van der Waals surface area contributed by atoms with Gasteiger partial charge >= 0.3 is 0 Å². The van der Waals surface area contributed by atoms with E-state index in [1.165, 1.54) is 10.4 Å². The van der Waals surface area contributed by atoms with Crippen molar-refractivity contribution in [3.63, 3.8) is 0 Å². The van der Waals surface area contributed by atoms with Gasteiger partial charge in [-0.1, -0.05) is 37.3 Å². The third-order valence-corrected chi connectivity index (χ3v) is 5.53. The van der Waals surface area contributed by atoms with Crippen LogP contribution in [0.3, 0.4) is 0 Å². The van der Waals surface area contributed by atoms with Crippen LogP contribution in [0.25, 0.3) is 0 Å². The first-order chi connectivity index (χ1) is 11.6. The van der Waals surface area contributed by atoms with E-state index >= 15 is 0 Å². The number of hydrogen-bond acceptors (Lipinski definition) is 3. The first-order valence-corrected chi connectivity index (χ1v) is 9.39. The highest BCUT2D eigenvalue weighted by Crippen LogP contribution is 2.32. The number of fused-ring (bicyclic) bond motifs is 1. The van der Waals surface area contributed by atoms with E-state index in [1.54, 1.807) is 11.3 Å². The molecule has 1 heterocycles. The molecule has 1 atom stereocenters. The van der Waals surface area contributed by atoms with E-state index in [9.17, 15) is 4.79 Å². The molecule has 0 fully saturated rings. The third-order valence-electron chi connectivity index (χ3n) is 4.23. The van der Waals surface area contributed by atoms with Crippen molar-refractivity contribution in [1.82, 2.24) is 16.2 Å². The highest BCUT2D eigenvalue weighted by atomic mass is 32.1. The largest absolute Gasteiger partial charge is 0.357 e. The van der Waals surface area contributed by atoms with E-state index in [4.69, 9.17) is 12.2 Å². The molecule has 1 aromatic carbocycles. The zero-order valence-electron chi connectivity index (χ0n) is 13.6. The number of carbonyl (C=O) groups excluding carboxylic acids is 1. The maximum Gasteiger partial charge on any atom is 0.270 e. The topological polar surface area (TPSA) is 53.2 Å². The lowest BCUT2D eigenvalue weighted by Crippen LogP contribution is -2.46. The van der Waals surface area contributed by atoms with E-state index in [2.05, 4.69) is 23.1 Å². The zero-order chi connectivity index (χ0) is 16.9. The number of amides is 1. The summed E-state index contributed by atoms with van der Waals surface area (Å²) in [6, 6.07) is 9.98. The fraction of sp³-hybridized carbons (Fsp3) is 0.333. The van der Waals surface area contributed by atoms with Crippen molar-refractivity contribution in [2.75, 3.05) is 0 Å². The monoisotopic (exact) mass is 359 g/mol. The van der Waals surface area contributed by atoms with E-state index < -0.39 is 0 Å². The molecular weight excluding hydrogens is 338 g/mol. The standard InChI is InChI=1S/C18H21N3OS2/c1-12-7-8-14-15(11-24-16(14)9-12)17(22)20-21-18(23)19-10-13-5-3-2-4-6-13/h2-6,11-12H,7-10H2,1H3,(H,20,22)(H2,19,21,23)/t12-/m1/s1. The van der Waals surface area contributed by atoms with Gasteiger partial charge in [-0.25, -0.2) is 0 Å². The van der Waals surface area contributed by atoms with E-state index in [1.807, 2.05) is 35.7 Å². The molecule has 0 bridgehead atoms. The minimum absolute atomic E-state index is 0.120. The summed E-state index contributed by atoms with van der Waals surface area (Å²) < 4.78 is 0. The normalized spacial score (nSPS) is 16.1. The van der Waals surface area contributed by atoms with Gasteiger partial charge in [0.15, 0.2) is 5.11 Å². The molecule has 6 heteroatoms.